The molecule has 0 rings (SSSR count). The normalized spacial score (nSPS) is 2.00. The second-order valence-corrected chi connectivity index (χ2v) is 0. The van der Waals surface area contributed by atoms with Crippen LogP contribution in [0.4, 0.5) is 0 Å². The summed E-state index contributed by atoms with van der Waals surface area (Å²) in [4.78, 5) is 0. The fourth-order valence-electron chi connectivity index (χ4n) is 0. The molecule has 0 saturated carbocycles. The fourth-order valence-corrected chi connectivity index (χ4v) is 0. The Labute approximate surface area is 40.8 Å². The van der Waals surface area contributed by atoms with E-state index in [9.17, 15) is 0 Å². The van der Waals surface area contributed by atoms with Gasteiger partial charge in [-0.25, -0.2) is 0 Å². The van der Waals surface area contributed by atoms with E-state index in [4.69, 9.17) is 8.27 Å². The summed E-state index contributed by atoms with van der Waals surface area (Å²) in [6, 6.07) is 0. The first kappa shape index (κ1) is 18.5. The van der Waals surface area contributed by atoms with Crippen molar-refractivity contribution < 1.29 is 13.7 Å². The molecule has 0 atom stereocenters. The van der Waals surface area contributed by atoms with E-state index in [1.807, 2.05) is 0 Å². The van der Waals surface area contributed by atoms with Crippen LogP contribution >= 0.6 is 0 Å². The van der Waals surface area contributed by atoms with E-state index in [2.05, 4.69) is 0 Å². The van der Waals surface area contributed by atoms with E-state index in [0.717, 1.165) is 0 Å². The van der Waals surface area contributed by atoms with Gasteiger partial charge in [0.2, 0.25) is 10.1 Å². The quantitative estimate of drug-likeness (QED) is 0.345. The summed E-state index contributed by atoms with van der Waals surface area (Å²) in [6.45, 7) is 0. The van der Waals surface area contributed by atoms with Crippen molar-refractivity contribution in [2.75, 3.05) is 0 Å². The molecule has 0 spiro atoms. The summed E-state index contributed by atoms with van der Waals surface area (Å²) in [5.74, 6) is 0. The Kier molecular flexibility index (Phi) is 1820. The molecule has 5 heteroatoms. The maximum absolute atomic E-state index is 8.28. The Balaban J connectivity index is -0.0000000133. The van der Waals surface area contributed by atoms with Gasteiger partial charge >= 0.3 is 20.0 Å². The van der Waals surface area contributed by atoms with Gasteiger partial charge in [0.05, 0.1) is 0 Å². The van der Waals surface area contributed by atoms with Gasteiger partial charge in [-0.3, -0.25) is 0 Å². The molecule has 0 fully saturated rings. The first-order valence-corrected chi connectivity index (χ1v) is 1.57. The van der Waals surface area contributed by atoms with E-state index in [0.29, 0.717) is 10.1 Å². The van der Waals surface area contributed by atoms with Crippen molar-refractivity contribution in [2.24, 2.45) is 0 Å². The van der Waals surface area contributed by atoms with Crippen LogP contribution in [0, 0.1) is 0 Å². The molecule has 0 aliphatic rings. The van der Waals surface area contributed by atoms with Crippen molar-refractivity contribution in [1.29, 1.82) is 0 Å². The summed E-state index contributed by atoms with van der Waals surface area (Å²) in [5.41, 5.74) is 0. The van der Waals surface area contributed by atoms with Gasteiger partial charge in [0, 0.05) is 0 Å². The van der Waals surface area contributed by atoms with Gasteiger partial charge in [-0.15, -0.1) is 0 Å². The molecule has 0 aromatic rings. The van der Waals surface area contributed by atoms with Crippen LogP contribution in [-0.4, -0.2) is 31.8 Å². The molecule has 0 bridgehead atoms. The molecule has 5 heavy (non-hydrogen) atoms. The van der Waals surface area contributed by atoms with Gasteiger partial charge in [0.25, 0.3) is 0 Å². The predicted molar refractivity (Wildman–Crippen MR) is 17.6 cm³/mol. The van der Waals surface area contributed by atoms with Crippen LogP contribution in [0.5, 0.6) is 0 Å². The zero-order valence-electron chi connectivity index (χ0n) is 2.55. The minimum atomic E-state index is 0. The Morgan fingerprint density at radius 3 is 1.20 bits per heavy atom. The van der Waals surface area contributed by atoms with Crippen molar-refractivity contribution in [3.05, 3.63) is 0 Å². The standard InChI is InChI=1S/Al.H2OSi.H2O.O/c;1-2;;/h;2H2;1H2;/q+1;;;/p-1. The topological polar surface area (TPSA) is 64.1 Å². The van der Waals surface area contributed by atoms with Crippen LogP contribution in [0.15, 0.2) is 0 Å². The van der Waals surface area contributed by atoms with Crippen LogP contribution in [0.25, 0.3) is 0 Å². The minimum absolute atomic E-state index is 0. The monoisotopic (exact) mass is 106 g/mol. The Morgan fingerprint density at radius 2 is 1.20 bits per heavy atom. The molecule has 0 radical (unpaired) electrons. The van der Waals surface area contributed by atoms with E-state index in [-0.39, 0.29) is 5.48 Å². The Hall–Kier alpha value is 0.309. The van der Waals surface area contributed by atoms with Gasteiger partial charge in [-0.1, -0.05) is 0 Å². The van der Waals surface area contributed by atoms with Gasteiger partial charge in [-0.05, 0) is 0 Å². The molecule has 0 unspecified atom stereocenters. The Morgan fingerprint density at radius 1 is 1.20 bits per heavy atom. The molecule has 0 aliphatic heterocycles. The average molecular weight is 106 g/mol. The van der Waals surface area contributed by atoms with E-state index in [1.165, 1.54) is 16.2 Å². The number of rotatable bonds is 0. The summed E-state index contributed by atoms with van der Waals surface area (Å²) >= 11 is 1.17. The van der Waals surface area contributed by atoms with Crippen molar-refractivity contribution in [1.82, 2.24) is 0 Å². The number of hydrogen-bond acceptors (Lipinski definition) is 3. The second kappa shape index (κ2) is 493. The van der Waals surface area contributed by atoms with Crippen LogP contribution in [0.3, 0.4) is 0 Å². The van der Waals surface area contributed by atoms with E-state index >= 15 is 0 Å². The van der Waals surface area contributed by atoms with Gasteiger partial charge in [0.15, 0.2) is 0 Å². The Bertz CT molecular complexity index is 8.85. The van der Waals surface area contributed by atoms with Gasteiger partial charge < -0.3 is 9.94 Å². The fraction of sp³-hybridized carbons (Fsp3) is 0. The molecule has 0 aromatic carbocycles. The molecule has 1 N–H and O–H groups in total. The summed E-state index contributed by atoms with van der Waals surface area (Å²) < 4.78 is 16.4. The third-order valence-electron chi connectivity index (χ3n) is 0. The molecule has 0 aliphatic carbocycles. The first-order valence-electron chi connectivity index (χ1n) is 0.524. The van der Waals surface area contributed by atoms with Gasteiger partial charge in [0.1, 0.15) is 0 Å². The summed E-state index contributed by atoms with van der Waals surface area (Å²) in [7, 11) is 0.611. The van der Waals surface area contributed by atoms with Crippen molar-refractivity contribution in [3.8, 4) is 0 Å². The first-order chi connectivity index (χ1) is 2.00. The average Bonchev–Trinajstić information content (AvgIpc) is 1.50. The van der Waals surface area contributed by atoms with Crippen LogP contribution in [0.2, 0.25) is 0 Å². The third-order valence-corrected chi connectivity index (χ3v) is 0. The van der Waals surface area contributed by atoms with Crippen molar-refractivity contribution in [3.63, 3.8) is 0 Å². The van der Waals surface area contributed by atoms with Crippen molar-refractivity contribution >= 4 is 26.4 Å². The molecular weight excluding hydrogens is 103 g/mol. The van der Waals surface area contributed by atoms with Crippen molar-refractivity contribution in [2.45, 2.75) is 0 Å². The maximum atomic E-state index is 8.28. The molecule has 0 amide bonds. The number of hydrogen-bond donors (Lipinski definition) is 0. The zero-order valence-corrected chi connectivity index (χ0v) is 5.12. The van der Waals surface area contributed by atoms with Crippen LogP contribution < -0.4 is 0 Å². The van der Waals surface area contributed by atoms with Crippen LogP contribution in [0.1, 0.15) is 0 Å². The third kappa shape index (κ3) is 240. The molecule has 0 heterocycles. The molecule has 28 valence electrons. The molecular formula is H3AlO3Si. The second-order valence-electron chi connectivity index (χ2n) is 0. The van der Waals surface area contributed by atoms with Gasteiger partial charge in [-0.2, -0.15) is 0 Å². The van der Waals surface area contributed by atoms with E-state index < -0.39 is 0 Å². The predicted octanol–water partition coefficient (Wildman–Crippen LogP) is -1.71. The molecule has 0 saturated heterocycles. The SMILES string of the molecule is O=[SiH2].[OH-].[O]=[Al+]. The summed E-state index contributed by atoms with van der Waals surface area (Å²) in [5, 5.41) is 0. The van der Waals surface area contributed by atoms with Crippen LogP contribution in [-0.2, 0) is 8.27 Å². The summed E-state index contributed by atoms with van der Waals surface area (Å²) in [6.07, 6.45) is 0. The molecule has 0 aromatic heterocycles. The molecule has 3 nitrogen and oxygen atoms in total. The zero-order chi connectivity index (χ0) is 4.00. The van der Waals surface area contributed by atoms with E-state index in [1.54, 1.807) is 0 Å².